The Morgan fingerprint density at radius 3 is 2.50 bits per heavy atom. The van der Waals surface area contributed by atoms with Gasteiger partial charge in [-0.1, -0.05) is 0 Å². The highest BCUT2D eigenvalue weighted by Gasteiger charge is 2.21. The molecule has 0 saturated carbocycles. The molecule has 1 aliphatic rings. The summed E-state index contributed by atoms with van der Waals surface area (Å²) < 4.78 is 3.93. The molecule has 1 aliphatic carbocycles. The number of aromatic nitrogens is 2. The van der Waals surface area contributed by atoms with Crippen LogP contribution in [0.25, 0.3) is 0 Å². The van der Waals surface area contributed by atoms with Gasteiger partial charge in [0, 0.05) is 24.3 Å². The predicted octanol–water partition coefficient (Wildman–Crippen LogP) is 1.65. The Morgan fingerprint density at radius 2 is 1.86 bits per heavy atom. The molecule has 0 amide bonds. The van der Waals surface area contributed by atoms with Gasteiger partial charge in [-0.05, 0) is 39.5 Å². The van der Waals surface area contributed by atoms with Crippen molar-refractivity contribution < 1.29 is 0 Å². The number of hydrogen-bond acceptors (Lipinski definition) is 1. The highest BCUT2D eigenvalue weighted by molar-refractivity contribution is 5.22. The number of nitrogens with zero attached hydrogens (tertiary/aromatic N) is 2. The lowest BCUT2D eigenvalue weighted by Crippen LogP contribution is -2.21. The Balaban J connectivity index is 2.65. The fourth-order valence-electron chi connectivity index (χ4n) is 2.50. The van der Waals surface area contributed by atoms with E-state index in [1.807, 2.05) is 7.05 Å². The smallest absolute Gasteiger partial charge is 0.269 e. The summed E-state index contributed by atoms with van der Waals surface area (Å²) in [7, 11) is 1.88. The van der Waals surface area contributed by atoms with Crippen molar-refractivity contribution in [2.75, 3.05) is 0 Å². The van der Waals surface area contributed by atoms with Crippen molar-refractivity contribution in [3.63, 3.8) is 0 Å². The fourth-order valence-corrected chi connectivity index (χ4v) is 2.50. The highest BCUT2D eigenvalue weighted by atomic mass is 16.1. The largest absolute Gasteiger partial charge is 0.284 e. The Morgan fingerprint density at radius 1 is 1.21 bits per heavy atom. The van der Waals surface area contributed by atoms with Gasteiger partial charge >= 0.3 is 0 Å². The highest BCUT2D eigenvalue weighted by Crippen LogP contribution is 2.21. The van der Waals surface area contributed by atoms with E-state index in [-0.39, 0.29) is 5.56 Å². The maximum Gasteiger partial charge on any atom is 0.269 e. The summed E-state index contributed by atoms with van der Waals surface area (Å²) >= 11 is 0. The van der Waals surface area contributed by atoms with Crippen LogP contribution in [-0.2, 0) is 19.9 Å². The Bertz CT molecular complexity index is 398. The van der Waals surface area contributed by atoms with Crippen LogP contribution in [0.3, 0.4) is 0 Å². The minimum absolute atomic E-state index is 0.216. The summed E-state index contributed by atoms with van der Waals surface area (Å²) in [6, 6.07) is 0.384. The SMILES string of the molecule is CC(C)n1c2c(c(=O)n1C)CCCC2. The first-order valence-corrected chi connectivity index (χ1v) is 5.42. The van der Waals surface area contributed by atoms with Crippen LogP contribution >= 0.6 is 0 Å². The van der Waals surface area contributed by atoms with Gasteiger partial charge in [-0.15, -0.1) is 0 Å². The van der Waals surface area contributed by atoms with Gasteiger partial charge in [0.2, 0.25) is 0 Å². The van der Waals surface area contributed by atoms with Crippen molar-refractivity contribution in [2.45, 2.75) is 45.6 Å². The topological polar surface area (TPSA) is 26.9 Å². The van der Waals surface area contributed by atoms with E-state index in [1.54, 1.807) is 4.68 Å². The quantitative estimate of drug-likeness (QED) is 0.667. The second-order valence-electron chi connectivity index (χ2n) is 4.40. The van der Waals surface area contributed by atoms with Gasteiger partial charge in [-0.3, -0.25) is 14.2 Å². The maximum atomic E-state index is 11.9. The molecule has 1 aromatic heterocycles. The van der Waals surface area contributed by atoms with E-state index in [2.05, 4.69) is 18.5 Å². The van der Waals surface area contributed by atoms with Gasteiger partial charge in [-0.25, -0.2) is 0 Å². The molecule has 0 aliphatic heterocycles. The van der Waals surface area contributed by atoms with Crippen molar-refractivity contribution in [1.82, 2.24) is 9.36 Å². The maximum absolute atomic E-state index is 11.9. The average Bonchev–Trinajstić information content (AvgIpc) is 2.41. The molecular weight excluding hydrogens is 176 g/mol. The van der Waals surface area contributed by atoms with Gasteiger partial charge in [-0.2, -0.15) is 0 Å². The minimum Gasteiger partial charge on any atom is -0.284 e. The fraction of sp³-hybridized carbons (Fsp3) is 0.727. The Kier molecular flexibility index (Phi) is 2.25. The third kappa shape index (κ3) is 1.22. The molecule has 0 aromatic carbocycles. The van der Waals surface area contributed by atoms with Crippen LogP contribution in [-0.4, -0.2) is 9.36 Å². The molecule has 0 fully saturated rings. The number of fused-ring (bicyclic) bond motifs is 1. The lowest BCUT2D eigenvalue weighted by Gasteiger charge is -2.18. The molecule has 1 aromatic rings. The molecule has 1 heterocycles. The monoisotopic (exact) mass is 194 g/mol. The molecule has 0 spiro atoms. The second-order valence-corrected chi connectivity index (χ2v) is 4.40. The van der Waals surface area contributed by atoms with Crippen molar-refractivity contribution in [3.8, 4) is 0 Å². The van der Waals surface area contributed by atoms with E-state index in [0.717, 1.165) is 18.4 Å². The normalized spacial score (nSPS) is 16.0. The molecule has 2 rings (SSSR count). The summed E-state index contributed by atoms with van der Waals surface area (Å²) in [5, 5.41) is 0. The van der Waals surface area contributed by atoms with Crippen molar-refractivity contribution in [2.24, 2.45) is 7.05 Å². The first-order chi connectivity index (χ1) is 6.63. The van der Waals surface area contributed by atoms with Crippen LogP contribution < -0.4 is 5.56 Å². The molecule has 0 unspecified atom stereocenters. The zero-order chi connectivity index (χ0) is 10.3. The van der Waals surface area contributed by atoms with Crippen LogP contribution in [0.5, 0.6) is 0 Å². The van der Waals surface area contributed by atoms with Gasteiger partial charge in [0.05, 0.1) is 0 Å². The summed E-state index contributed by atoms with van der Waals surface area (Å²) in [6.07, 6.45) is 4.44. The average molecular weight is 194 g/mol. The van der Waals surface area contributed by atoms with Crippen LogP contribution in [0.4, 0.5) is 0 Å². The second kappa shape index (κ2) is 3.30. The van der Waals surface area contributed by atoms with Gasteiger partial charge in [0.15, 0.2) is 0 Å². The van der Waals surface area contributed by atoms with E-state index in [9.17, 15) is 4.79 Å². The first kappa shape index (κ1) is 9.56. The molecule has 0 N–H and O–H groups in total. The van der Waals surface area contributed by atoms with Crippen LogP contribution in [0.2, 0.25) is 0 Å². The summed E-state index contributed by atoms with van der Waals surface area (Å²) in [5.74, 6) is 0. The van der Waals surface area contributed by atoms with Gasteiger partial charge in [0.25, 0.3) is 5.56 Å². The lowest BCUT2D eigenvalue weighted by atomic mass is 9.98. The van der Waals surface area contributed by atoms with E-state index in [1.165, 1.54) is 18.5 Å². The van der Waals surface area contributed by atoms with Crippen molar-refractivity contribution in [3.05, 3.63) is 21.6 Å². The number of hydrogen-bond donors (Lipinski definition) is 0. The van der Waals surface area contributed by atoms with Gasteiger partial charge in [0.1, 0.15) is 0 Å². The lowest BCUT2D eigenvalue weighted by molar-refractivity contribution is 0.422. The molecule has 0 bridgehead atoms. The third-order valence-electron chi connectivity index (χ3n) is 3.08. The molecule has 3 heteroatoms. The third-order valence-corrected chi connectivity index (χ3v) is 3.08. The molecule has 0 atom stereocenters. The Hall–Kier alpha value is -0.990. The number of rotatable bonds is 1. The van der Waals surface area contributed by atoms with Crippen LogP contribution in [0.15, 0.2) is 4.79 Å². The summed E-state index contributed by atoms with van der Waals surface area (Å²) in [6.45, 7) is 4.27. The Labute approximate surface area is 84.3 Å². The summed E-state index contributed by atoms with van der Waals surface area (Å²) in [4.78, 5) is 11.9. The predicted molar refractivity (Wildman–Crippen MR) is 56.7 cm³/mol. The van der Waals surface area contributed by atoms with E-state index >= 15 is 0 Å². The summed E-state index contributed by atoms with van der Waals surface area (Å²) in [5.41, 5.74) is 2.56. The first-order valence-electron chi connectivity index (χ1n) is 5.42. The van der Waals surface area contributed by atoms with E-state index in [4.69, 9.17) is 0 Å². The van der Waals surface area contributed by atoms with Crippen molar-refractivity contribution >= 4 is 0 Å². The standard InChI is InChI=1S/C11H18N2O/c1-8(2)13-10-7-5-4-6-9(10)11(14)12(13)3/h8H,4-7H2,1-3H3. The zero-order valence-electron chi connectivity index (χ0n) is 9.21. The molecule has 78 valence electrons. The van der Waals surface area contributed by atoms with E-state index < -0.39 is 0 Å². The molecule has 0 radical (unpaired) electrons. The van der Waals surface area contributed by atoms with E-state index in [0.29, 0.717) is 6.04 Å². The van der Waals surface area contributed by atoms with Crippen LogP contribution in [0, 0.1) is 0 Å². The zero-order valence-corrected chi connectivity index (χ0v) is 9.21. The molecule has 3 nitrogen and oxygen atoms in total. The van der Waals surface area contributed by atoms with Crippen LogP contribution in [0.1, 0.15) is 44.0 Å². The molecular formula is C11H18N2O. The van der Waals surface area contributed by atoms with Crippen molar-refractivity contribution in [1.29, 1.82) is 0 Å². The van der Waals surface area contributed by atoms with Gasteiger partial charge < -0.3 is 0 Å². The molecule has 0 saturated heterocycles. The minimum atomic E-state index is 0.216. The molecule has 14 heavy (non-hydrogen) atoms.